The van der Waals surface area contributed by atoms with Gasteiger partial charge in [-0.05, 0) is 147 Å². The normalized spacial score (nSPS) is 26.1. The number of ether oxygens (including phenoxy) is 5. The number of aliphatic hydroxyl groups excluding tert-OH is 3. The number of aromatic nitrogens is 4. The number of nitrogens with one attached hydrogen (secondary N) is 3. The Balaban J connectivity index is 0.661. The van der Waals surface area contributed by atoms with Crippen molar-refractivity contribution in [2.45, 2.75) is 173 Å². The van der Waals surface area contributed by atoms with E-state index in [0.29, 0.717) is 78.5 Å². The summed E-state index contributed by atoms with van der Waals surface area (Å²) in [6.07, 6.45) is -1.16. The van der Waals surface area contributed by atoms with Crippen molar-refractivity contribution in [3.8, 4) is 16.9 Å². The van der Waals surface area contributed by atoms with E-state index in [0.717, 1.165) is 65.6 Å². The first kappa shape index (κ1) is 75.9. The molecule has 9 atom stereocenters. The van der Waals surface area contributed by atoms with Gasteiger partial charge in [-0.15, -0.1) is 0 Å². The number of carboxylic acid groups (broad SMARTS) is 2. The standard InChI is InChI=1S/C73H90N10O20S2/c1-6-56(84)76-52-29-46(34-99-26-27-105(96,97)98)82(64(52)90)32-57(85)74-22-10-9-12-43-17-18-45(53(28-43)102-67-61(88)59(86)60(87)62(103-67)66(93)94)33-100-69(95)80(5)24-25-101-73-38-70(3)35-71(4,39-73)37-72(36-70,40-73)41-83-42(2)49(30-75-83)47-19-20-55(78-58(47)65(91)92)81-23-21-44-13-11-14-48(50(44)31-81)63(89)79-68-77-51-15-7-8-16-54(51)104-68/h7-8,11,13-20,28,30,46,52,59-62,67,86-88H,6,9-10,12,21-27,29,31-41H2,1-5H3,(H,74,85)(H,76,84)(H,91,92)(H,93,94)(H,77,79,89)(H,96,97,98)/t46-,52-,59-,60-,61+,62-,67+,70?,71?,72?,73?/m0/s1. The maximum absolute atomic E-state index is 13.9. The zero-order valence-corrected chi connectivity index (χ0v) is 60.8. The van der Waals surface area contributed by atoms with Crippen LogP contribution in [0.4, 0.5) is 15.7 Å². The minimum Gasteiger partial charge on any atom is -0.479 e. The lowest BCUT2D eigenvalue weighted by Crippen LogP contribution is -2.64. The number of carbonyl (C=O) groups excluding carboxylic acids is 5. The van der Waals surface area contributed by atoms with Crippen molar-refractivity contribution in [3.63, 3.8) is 0 Å². The van der Waals surface area contributed by atoms with E-state index in [1.54, 1.807) is 50.5 Å². The van der Waals surface area contributed by atoms with Crippen LogP contribution in [0.3, 0.4) is 0 Å². The fourth-order valence-corrected chi connectivity index (χ4v) is 18.5. The molecular formula is C73H90N10O20S2. The Bertz CT molecular complexity index is 4370. The third-order valence-corrected chi connectivity index (χ3v) is 22.8. The van der Waals surface area contributed by atoms with Crippen molar-refractivity contribution in [2.24, 2.45) is 16.2 Å². The monoisotopic (exact) mass is 1490 g/mol. The number of pyridine rings is 1. The Kier molecular flexibility index (Phi) is 22.4. The summed E-state index contributed by atoms with van der Waals surface area (Å²) >= 11 is 1.40. The zero-order chi connectivity index (χ0) is 74.9. The van der Waals surface area contributed by atoms with Crippen molar-refractivity contribution >= 4 is 84.3 Å². The van der Waals surface area contributed by atoms with Crippen molar-refractivity contribution in [3.05, 3.63) is 118 Å². The van der Waals surface area contributed by atoms with Gasteiger partial charge in [-0.25, -0.2) is 24.4 Å². The minimum atomic E-state index is -4.30. The average Bonchev–Trinajstić information content (AvgIpc) is 1.09. The van der Waals surface area contributed by atoms with E-state index in [-0.39, 0.29) is 104 Å². The molecule has 105 heavy (non-hydrogen) atoms. The van der Waals surface area contributed by atoms with Gasteiger partial charge in [0.1, 0.15) is 42.5 Å². The van der Waals surface area contributed by atoms with Crippen LogP contribution in [-0.2, 0) is 80.8 Å². The molecule has 3 aromatic heterocycles. The quantitative estimate of drug-likeness (QED) is 0.0187. The number of aryl methyl sites for hydroxylation is 1. The highest BCUT2D eigenvalue weighted by Gasteiger charge is 2.66. The highest BCUT2D eigenvalue weighted by Crippen LogP contribution is 2.72. The van der Waals surface area contributed by atoms with Gasteiger partial charge in [0.25, 0.3) is 16.0 Å². The number of fused-ring (bicyclic) bond motifs is 2. The average molecular weight is 1490 g/mol. The third kappa shape index (κ3) is 17.2. The number of thiazole rings is 1. The highest BCUT2D eigenvalue weighted by atomic mass is 32.2. The second-order valence-electron chi connectivity index (χ2n) is 29.7. The maximum Gasteiger partial charge on any atom is 0.409 e. The Morgan fingerprint density at radius 3 is 2.37 bits per heavy atom. The van der Waals surface area contributed by atoms with E-state index in [1.165, 1.54) is 21.1 Å². The maximum atomic E-state index is 13.9. The molecule has 4 aliphatic carbocycles. The highest BCUT2D eigenvalue weighted by molar-refractivity contribution is 7.85. The molecule has 2 unspecified atom stereocenters. The van der Waals surface area contributed by atoms with Gasteiger partial charge in [-0.2, -0.15) is 13.5 Å². The molecule has 0 radical (unpaired) electrons. The van der Waals surface area contributed by atoms with Gasteiger partial charge in [0.05, 0.1) is 60.2 Å². The molecule has 6 aromatic rings. The first-order valence-corrected chi connectivity index (χ1v) is 37.8. The summed E-state index contributed by atoms with van der Waals surface area (Å²) in [6.45, 7) is 8.98. The summed E-state index contributed by atoms with van der Waals surface area (Å²) in [4.78, 5) is 106. The molecule has 7 aliphatic rings. The smallest absolute Gasteiger partial charge is 0.409 e. The van der Waals surface area contributed by atoms with Gasteiger partial charge in [0.2, 0.25) is 24.0 Å². The van der Waals surface area contributed by atoms with Crippen LogP contribution in [0.5, 0.6) is 5.75 Å². The molecule has 30 nitrogen and oxygen atoms in total. The Morgan fingerprint density at radius 1 is 0.867 bits per heavy atom. The predicted octanol–water partition coefficient (Wildman–Crippen LogP) is 5.89. The fourth-order valence-electron chi connectivity index (χ4n) is 17.4. The van der Waals surface area contributed by atoms with Crippen LogP contribution in [0, 0.1) is 23.2 Å². The van der Waals surface area contributed by atoms with E-state index in [9.17, 15) is 67.5 Å². The number of aromatic carboxylic acids is 1. The lowest BCUT2D eigenvalue weighted by Gasteiger charge is -2.69. The Labute approximate surface area is 610 Å². The van der Waals surface area contributed by atoms with Crippen LogP contribution in [0.1, 0.15) is 134 Å². The summed E-state index contributed by atoms with van der Waals surface area (Å²) in [5.74, 6) is -4.65. The first-order valence-electron chi connectivity index (χ1n) is 35.3. The first-order chi connectivity index (χ1) is 49.9. The molecule has 3 aliphatic heterocycles. The van der Waals surface area contributed by atoms with E-state index in [1.807, 2.05) is 59.0 Å². The lowest BCUT2D eigenvalue weighted by atomic mass is 9.39. The number of benzene rings is 3. The number of para-hydroxylation sites is 1. The molecule has 5 amide bonds. The number of rotatable bonds is 30. The van der Waals surface area contributed by atoms with E-state index < -0.39 is 94.1 Å². The number of hydrogen-bond donors (Lipinski definition) is 9. The van der Waals surface area contributed by atoms with Crippen LogP contribution in [-0.4, -0.2) is 217 Å². The van der Waals surface area contributed by atoms with Gasteiger partial charge in [-0.1, -0.05) is 68.5 Å². The molecule has 564 valence electrons. The number of aliphatic carboxylic acids is 1. The molecule has 9 N–H and O–H groups in total. The molecular weight excluding hydrogens is 1400 g/mol. The largest absolute Gasteiger partial charge is 0.479 e. The van der Waals surface area contributed by atoms with Crippen molar-refractivity contribution in [2.75, 3.05) is 69.0 Å². The van der Waals surface area contributed by atoms with Gasteiger partial charge in [-0.3, -0.25) is 33.7 Å². The molecule has 2 saturated heterocycles. The summed E-state index contributed by atoms with van der Waals surface area (Å²) in [5.41, 5.74) is 5.03. The second kappa shape index (κ2) is 31.0. The minimum absolute atomic E-state index is 0.00830. The Hall–Kier alpha value is -8.73. The van der Waals surface area contributed by atoms with E-state index in [2.05, 4.69) is 34.8 Å². The number of carboxylic acids is 2. The molecule has 0 spiro atoms. The van der Waals surface area contributed by atoms with Crippen molar-refractivity contribution in [1.29, 1.82) is 0 Å². The van der Waals surface area contributed by atoms with Crippen molar-refractivity contribution < 1.29 is 95.7 Å². The predicted molar refractivity (Wildman–Crippen MR) is 381 cm³/mol. The molecule has 6 fully saturated rings. The number of hydrogen-bond acceptors (Lipinski definition) is 22. The number of carbonyl (C=O) groups is 7. The molecule has 32 heteroatoms. The molecule has 13 rings (SSSR count). The number of unbranched alkanes of at least 4 members (excludes halogenated alkanes) is 1. The lowest BCUT2D eigenvalue weighted by molar-refractivity contribution is -0.271. The Morgan fingerprint density at radius 2 is 1.64 bits per heavy atom. The van der Waals surface area contributed by atoms with Gasteiger partial charge in [0, 0.05) is 74.1 Å². The van der Waals surface area contributed by atoms with Gasteiger partial charge >= 0.3 is 18.0 Å². The number of likely N-dealkylation sites (tertiary alicyclic amines) is 1. The number of aliphatic hydroxyl groups is 3. The number of likely N-dealkylation sites (N-methyl/N-ethyl adjacent to an activating group) is 1. The van der Waals surface area contributed by atoms with Crippen LogP contribution in [0.15, 0.2) is 79.0 Å². The number of amides is 5. The van der Waals surface area contributed by atoms with Crippen LogP contribution >= 0.6 is 11.3 Å². The summed E-state index contributed by atoms with van der Waals surface area (Å²) in [5, 5.41) is 66.4. The molecule has 4 saturated carbocycles. The van der Waals surface area contributed by atoms with Gasteiger partial charge in [0.15, 0.2) is 16.9 Å². The third-order valence-electron chi connectivity index (χ3n) is 21.2. The number of anilines is 2. The zero-order valence-electron chi connectivity index (χ0n) is 59.2. The van der Waals surface area contributed by atoms with Crippen LogP contribution < -0.4 is 25.6 Å². The van der Waals surface area contributed by atoms with Gasteiger partial charge < -0.3 is 74.6 Å². The van der Waals surface area contributed by atoms with E-state index in [4.69, 9.17) is 38.3 Å². The summed E-state index contributed by atoms with van der Waals surface area (Å²) < 4.78 is 64.2. The van der Waals surface area contributed by atoms with Crippen molar-refractivity contribution in [1.82, 2.24) is 40.2 Å². The summed E-state index contributed by atoms with van der Waals surface area (Å²) in [7, 11) is -2.72. The molecule has 4 bridgehead atoms. The van der Waals surface area contributed by atoms with Crippen LogP contribution in [0.2, 0.25) is 0 Å². The molecule has 6 heterocycles. The second-order valence-corrected chi connectivity index (χ2v) is 32.3. The fraction of sp³-hybridized carbons (Fsp3) is 0.534. The topological polar surface area (TPSA) is 411 Å². The molecule has 3 aromatic carbocycles. The summed E-state index contributed by atoms with van der Waals surface area (Å²) in [6, 6.07) is 20.3. The van der Waals surface area contributed by atoms with Crippen LogP contribution in [0.25, 0.3) is 21.3 Å². The SMILES string of the molecule is CCC(=O)N[C@H]1C[C@@H](COCCS(=O)(=O)O)N(CC(=O)NCCCCc2ccc(COC(=O)N(C)CCOC34CC5(C)CC(C)(CC(Cn6ncc(-c7ccc(N8CCc9cccc(C(=O)Nc%10nc%11ccccc%11s%10)c9C8)nc7C(=O)O)c6C)(C5)C3)C4)c(O[C@@H]3O[C@H](C(=O)O)[C@@H](O)[C@H](O)[C@H]3O)c2)C1=O. The number of nitrogens with zero attached hydrogens (tertiary/aromatic N) is 7. The van der Waals surface area contributed by atoms with E-state index >= 15 is 0 Å².